The third-order valence-corrected chi connectivity index (χ3v) is 2.20. The summed E-state index contributed by atoms with van der Waals surface area (Å²) < 4.78 is 38.7. The zero-order chi connectivity index (χ0) is 11.9. The van der Waals surface area contributed by atoms with Gasteiger partial charge in [-0.05, 0) is 24.6 Å². The molecule has 0 amide bonds. The number of aldehydes is 1. The van der Waals surface area contributed by atoms with Crippen molar-refractivity contribution in [3.63, 3.8) is 0 Å². The van der Waals surface area contributed by atoms with Crippen molar-refractivity contribution in [1.82, 2.24) is 9.38 Å². The average Bonchev–Trinajstić information content (AvgIpc) is 2.54. The lowest BCUT2D eigenvalue weighted by Gasteiger charge is -2.02. The molecule has 0 spiro atoms. The molecule has 0 saturated carbocycles. The number of hydrogen-bond acceptors (Lipinski definition) is 2. The number of halogens is 3. The molecule has 0 bridgehead atoms. The molecule has 2 aromatic heterocycles. The molecular formula is C10H7F3N2O. The highest BCUT2D eigenvalue weighted by Gasteiger charge is 2.37. The van der Waals surface area contributed by atoms with Crippen LogP contribution in [0.3, 0.4) is 0 Å². The van der Waals surface area contributed by atoms with Crippen LogP contribution in [-0.4, -0.2) is 15.7 Å². The van der Waals surface area contributed by atoms with Crippen molar-refractivity contribution in [3.8, 4) is 0 Å². The fourth-order valence-corrected chi connectivity index (χ4v) is 1.49. The van der Waals surface area contributed by atoms with Crippen molar-refractivity contribution in [2.45, 2.75) is 13.1 Å². The van der Waals surface area contributed by atoms with Crippen molar-refractivity contribution in [2.75, 3.05) is 0 Å². The smallest absolute Gasteiger partial charge is 0.297 e. The van der Waals surface area contributed by atoms with Crippen molar-refractivity contribution in [3.05, 3.63) is 35.3 Å². The van der Waals surface area contributed by atoms with Gasteiger partial charge in [-0.3, -0.25) is 9.20 Å². The van der Waals surface area contributed by atoms with E-state index in [1.165, 1.54) is 12.3 Å². The first-order valence-corrected chi connectivity index (χ1v) is 4.44. The molecule has 0 radical (unpaired) electrons. The number of rotatable bonds is 1. The first-order valence-electron chi connectivity index (χ1n) is 4.44. The Morgan fingerprint density at radius 1 is 1.44 bits per heavy atom. The summed E-state index contributed by atoms with van der Waals surface area (Å²) in [6.07, 6.45) is -3.05. The van der Waals surface area contributed by atoms with Crippen LogP contribution in [0.25, 0.3) is 5.65 Å². The fourth-order valence-electron chi connectivity index (χ4n) is 1.49. The molecule has 0 saturated heterocycles. The topological polar surface area (TPSA) is 34.4 Å². The van der Waals surface area contributed by atoms with E-state index >= 15 is 0 Å². The molecule has 0 atom stereocenters. The van der Waals surface area contributed by atoms with Crippen molar-refractivity contribution >= 4 is 11.9 Å². The Labute approximate surface area is 88.5 Å². The highest BCUT2D eigenvalue weighted by Crippen LogP contribution is 2.31. The van der Waals surface area contributed by atoms with E-state index in [1.54, 1.807) is 13.0 Å². The van der Waals surface area contributed by atoms with Gasteiger partial charge in [-0.2, -0.15) is 13.2 Å². The quantitative estimate of drug-likeness (QED) is 0.702. The number of carbonyl (C=O) groups excluding carboxylic acids is 1. The minimum absolute atomic E-state index is 0.120. The Balaban J connectivity index is 2.81. The van der Waals surface area contributed by atoms with Crippen LogP contribution in [0, 0.1) is 6.92 Å². The SMILES string of the molecule is Cc1ccn2c(C=O)c(C(F)(F)F)nc2c1. The monoisotopic (exact) mass is 228 g/mol. The number of alkyl halides is 3. The van der Waals surface area contributed by atoms with E-state index in [9.17, 15) is 18.0 Å². The van der Waals surface area contributed by atoms with Gasteiger partial charge in [0, 0.05) is 6.20 Å². The predicted octanol–water partition coefficient (Wildman–Crippen LogP) is 2.47. The average molecular weight is 228 g/mol. The van der Waals surface area contributed by atoms with E-state index < -0.39 is 17.6 Å². The summed E-state index contributed by atoms with van der Waals surface area (Å²) in [6, 6.07) is 3.10. The maximum Gasteiger partial charge on any atom is 0.435 e. The summed E-state index contributed by atoms with van der Waals surface area (Å²) in [5.74, 6) is 0. The lowest BCUT2D eigenvalue weighted by atomic mass is 10.3. The lowest BCUT2D eigenvalue weighted by molar-refractivity contribution is -0.141. The zero-order valence-electron chi connectivity index (χ0n) is 8.25. The minimum atomic E-state index is -4.61. The molecule has 2 heterocycles. The van der Waals surface area contributed by atoms with Crippen LogP contribution in [0.2, 0.25) is 0 Å². The van der Waals surface area contributed by atoms with Crippen LogP contribution in [0.4, 0.5) is 13.2 Å². The Bertz CT molecular complexity index is 557. The Hall–Kier alpha value is -1.85. The van der Waals surface area contributed by atoms with E-state index in [1.807, 2.05) is 0 Å². The molecule has 84 valence electrons. The molecule has 2 rings (SSSR count). The molecule has 0 aliphatic rings. The van der Waals surface area contributed by atoms with Crippen molar-refractivity contribution in [2.24, 2.45) is 0 Å². The summed E-state index contributed by atoms with van der Waals surface area (Å²) >= 11 is 0. The summed E-state index contributed by atoms with van der Waals surface area (Å²) in [6.45, 7) is 1.74. The lowest BCUT2D eigenvalue weighted by Crippen LogP contribution is -2.09. The van der Waals surface area contributed by atoms with E-state index in [-0.39, 0.29) is 11.9 Å². The van der Waals surface area contributed by atoms with Crippen LogP contribution in [0.15, 0.2) is 18.3 Å². The number of fused-ring (bicyclic) bond motifs is 1. The molecule has 3 nitrogen and oxygen atoms in total. The van der Waals surface area contributed by atoms with Gasteiger partial charge in [0.05, 0.1) is 0 Å². The van der Waals surface area contributed by atoms with Crippen molar-refractivity contribution in [1.29, 1.82) is 0 Å². The third kappa shape index (κ3) is 1.56. The zero-order valence-corrected chi connectivity index (χ0v) is 8.25. The Morgan fingerprint density at radius 2 is 2.12 bits per heavy atom. The van der Waals surface area contributed by atoms with Crippen LogP contribution < -0.4 is 0 Å². The molecule has 0 aliphatic heterocycles. The van der Waals surface area contributed by atoms with Crippen LogP contribution in [-0.2, 0) is 6.18 Å². The molecule has 6 heteroatoms. The van der Waals surface area contributed by atoms with E-state index in [4.69, 9.17) is 0 Å². The van der Waals surface area contributed by atoms with E-state index in [2.05, 4.69) is 4.98 Å². The Morgan fingerprint density at radius 3 is 2.69 bits per heavy atom. The van der Waals surface area contributed by atoms with Gasteiger partial charge in [0.15, 0.2) is 12.0 Å². The largest absolute Gasteiger partial charge is 0.435 e. The first kappa shape index (κ1) is 10.7. The summed E-state index contributed by atoms with van der Waals surface area (Å²) in [5.41, 5.74) is -0.714. The van der Waals surface area contributed by atoms with Gasteiger partial charge in [-0.15, -0.1) is 0 Å². The van der Waals surface area contributed by atoms with Gasteiger partial charge in [-0.25, -0.2) is 4.98 Å². The van der Waals surface area contributed by atoms with E-state index in [0.29, 0.717) is 0 Å². The second kappa shape index (κ2) is 3.33. The van der Waals surface area contributed by atoms with Crippen LogP contribution in [0.1, 0.15) is 21.7 Å². The van der Waals surface area contributed by atoms with Gasteiger partial charge in [-0.1, -0.05) is 0 Å². The number of pyridine rings is 1. The molecule has 0 fully saturated rings. The highest BCUT2D eigenvalue weighted by molar-refractivity contribution is 5.76. The molecule has 2 aromatic rings. The summed E-state index contributed by atoms with van der Waals surface area (Å²) in [5, 5.41) is 0. The summed E-state index contributed by atoms with van der Waals surface area (Å²) in [4.78, 5) is 14.1. The van der Waals surface area contributed by atoms with Gasteiger partial charge < -0.3 is 0 Å². The first-order chi connectivity index (χ1) is 7.43. The highest BCUT2D eigenvalue weighted by atomic mass is 19.4. The van der Waals surface area contributed by atoms with Gasteiger partial charge in [0.25, 0.3) is 0 Å². The van der Waals surface area contributed by atoms with Crippen molar-refractivity contribution < 1.29 is 18.0 Å². The fraction of sp³-hybridized carbons (Fsp3) is 0.200. The minimum Gasteiger partial charge on any atom is -0.297 e. The normalized spacial score (nSPS) is 12.0. The second-order valence-corrected chi connectivity index (χ2v) is 3.39. The van der Waals surface area contributed by atoms with Crippen LogP contribution >= 0.6 is 0 Å². The number of hydrogen-bond donors (Lipinski definition) is 0. The Kier molecular flexibility index (Phi) is 2.22. The molecule has 0 N–H and O–H groups in total. The standard InChI is InChI=1S/C10H7F3N2O/c1-6-2-3-15-7(5-16)9(10(11,12)13)14-8(15)4-6/h2-5H,1H3. The number of aryl methyl sites for hydroxylation is 1. The molecule has 0 aliphatic carbocycles. The van der Waals surface area contributed by atoms with Crippen LogP contribution in [0.5, 0.6) is 0 Å². The molecule has 0 unspecified atom stereocenters. The molecule has 0 aromatic carbocycles. The van der Waals surface area contributed by atoms with Gasteiger partial charge in [0.1, 0.15) is 11.3 Å². The third-order valence-electron chi connectivity index (χ3n) is 2.20. The number of imidazole rings is 1. The predicted molar refractivity (Wildman–Crippen MR) is 50.3 cm³/mol. The number of carbonyl (C=O) groups is 1. The summed E-state index contributed by atoms with van der Waals surface area (Å²) in [7, 11) is 0. The second-order valence-electron chi connectivity index (χ2n) is 3.39. The van der Waals surface area contributed by atoms with E-state index in [0.717, 1.165) is 9.96 Å². The van der Waals surface area contributed by atoms with Gasteiger partial charge in [0.2, 0.25) is 0 Å². The number of nitrogens with zero attached hydrogens (tertiary/aromatic N) is 2. The molecule has 16 heavy (non-hydrogen) atoms. The maximum absolute atomic E-state index is 12.5. The maximum atomic E-state index is 12.5. The molecular weight excluding hydrogens is 221 g/mol. The van der Waals surface area contributed by atoms with Gasteiger partial charge >= 0.3 is 6.18 Å². The number of aromatic nitrogens is 2.